The molecule has 58 valence electrons. The number of hydrogen-bond acceptors (Lipinski definition) is 3. The average molecular weight is 146 g/mol. The number of nitrogens with zero attached hydrogens (tertiary/aromatic N) is 1. The van der Waals surface area contributed by atoms with Crippen molar-refractivity contribution in [1.82, 2.24) is 10.4 Å². The first-order valence-corrected chi connectivity index (χ1v) is 2.71. The predicted octanol–water partition coefficient (Wildman–Crippen LogP) is -0.393. The van der Waals surface area contributed by atoms with Crippen LogP contribution in [0.2, 0.25) is 0 Å². The number of nitrogens with one attached hydrogen (secondary N) is 1. The molecule has 0 aromatic rings. The summed E-state index contributed by atoms with van der Waals surface area (Å²) >= 11 is 0. The molecule has 0 aromatic heterocycles. The first-order chi connectivity index (χ1) is 4.72. The van der Waals surface area contributed by atoms with E-state index in [4.69, 9.17) is 10.2 Å². The van der Waals surface area contributed by atoms with Crippen LogP contribution < -0.4 is 5.43 Å². The highest BCUT2D eigenvalue weighted by molar-refractivity contribution is 5.65. The van der Waals surface area contributed by atoms with Crippen LogP contribution in [0.25, 0.3) is 0 Å². The number of carbonyl (C=O) groups is 1. The van der Waals surface area contributed by atoms with Gasteiger partial charge in [0.1, 0.15) is 0 Å². The molecule has 0 fully saturated rings. The van der Waals surface area contributed by atoms with Crippen LogP contribution in [0.3, 0.4) is 0 Å². The van der Waals surface area contributed by atoms with Crippen molar-refractivity contribution in [2.75, 3.05) is 13.2 Å². The standard InChI is InChI=1S/C5H10N2O3/c1-2-7(5(9)10)6-3-4-8/h2,6,8H,1,3-4H2,(H,9,10). The number of aliphatic hydroxyl groups is 1. The van der Waals surface area contributed by atoms with Crippen molar-refractivity contribution in [2.24, 2.45) is 0 Å². The summed E-state index contributed by atoms with van der Waals surface area (Å²) in [6.07, 6.45) is -0.0405. The SMILES string of the molecule is C=CN(NCCO)C(=O)O. The van der Waals surface area contributed by atoms with E-state index in [1.807, 2.05) is 0 Å². The highest BCUT2D eigenvalue weighted by Gasteiger charge is 2.03. The molecule has 0 aliphatic heterocycles. The molecule has 0 saturated carbocycles. The van der Waals surface area contributed by atoms with Crippen LogP contribution in [0.5, 0.6) is 0 Å². The summed E-state index contributed by atoms with van der Waals surface area (Å²) in [5.74, 6) is 0. The van der Waals surface area contributed by atoms with Crippen LogP contribution in [-0.4, -0.2) is 34.5 Å². The molecule has 0 aromatic carbocycles. The van der Waals surface area contributed by atoms with Crippen LogP contribution in [-0.2, 0) is 0 Å². The van der Waals surface area contributed by atoms with Gasteiger partial charge in [-0.15, -0.1) is 0 Å². The van der Waals surface area contributed by atoms with Crippen molar-refractivity contribution >= 4 is 6.09 Å². The van der Waals surface area contributed by atoms with E-state index in [1.54, 1.807) is 0 Å². The summed E-state index contributed by atoms with van der Waals surface area (Å²) < 4.78 is 0. The van der Waals surface area contributed by atoms with E-state index in [1.165, 1.54) is 0 Å². The second kappa shape index (κ2) is 4.78. The van der Waals surface area contributed by atoms with Crippen molar-refractivity contribution in [3.63, 3.8) is 0 Å². The number of aliphatic hydroxyl groups excluding tert-OH is 1. The number of rotatable bonds is 4. The molecule has 0 atom stereocenters. The van der Waals surface area contributed by atoms with Crippen molar-refractivity contribution in [2.45, 2.75) is 0 Å². The summed E-state index contributed by atoms with van der Waals surface area (Å²) in [6, 6.07) is 0. The molecule has 0 saturated heterocycles. The van der Waals surface area contributed by atoms with Crippen molar-refractivity contribution in [1.29, 1.82) is 0 Å². The van der Waals surface area contributed by atoms with Crippen LogP contribution in [0.1, 0.15) is 0 Å². The minimum atomic E-state index is -1.15. The molecular formula is C5H10N2O3. The fourth-order valence-electron chi connectivity index (χ4n) is 0.381. The van der Waals surface area contributed by atoms with Crippen molar-refractivity contribution < 1.29 is 15.0 Å². The van der Waals surface area contributed by atoms with Gasteiger partial charge in [-0.3, -0.25) is 0 Å². The van der Waals surface area contributed by atoms with Gasteiger partial charge in [0.15, 0.2) is 0 Å². The Kier molecular flexibility index (Phi) is 4.26. The van der Waals surface area contributed by atoms with Gasteiger partial charge in [0, 0.05) is 12.7 Å². The summed E-state index contributed by atoms with van der Waals surface area (Å²) in [4.78, 5) is 10.1. The molecule has 0 unspecified atom stereocenters. The first-order valence-electron chi connectivity index (χ1n) is 2.71. The lowest BCUT2D eigenvalue weighted by Gasteiger charge is -2.13. The Morgan fingerprint density at radius 1 is 1.80 bits per heavy atom. The molecule has 0 heterocycles. The van der Waals surface area contributed by atoms with Crippen molar-refractivity contribution in [3.8, 4) is 0 Å². The molecule has 0 spiro atoms. The van der Waals surface area contributed by atoms with Gasteiger partial charge in [0.05, 0.1) is 6.61 Å². The molecule has 3 N–H and O–H groups in total. The third-order valence-electron chi connectivity index (χ3n) is 0.783. The number of carboxylic acid groups (broad SMARTS) is 1. The summed E-state index contributed by atoms with van der Waals surface area (Å²) in [5, 5.41) is 17.4. The fourth-order valence-corrected chi connectivity index (χ4v) is 0.381. The minimum absolute atomic E-state index is 0.113. The van der Waals surface area contributed by atoms with Gasteiger partial charge in [-0.1, -0.05) is 6.58 Å². The molecule has 5 nitrogen and oxygen atoms in total. The third-order valence-corrected chi connectivity index (χ3v) is 0.783. The normalized spacial score (nSPS) is 8.90. The van der Waals surface area contributed by atoms with E-state index >= 15 is 0 Å². The maximum atomic E-state index is 10.1. The second-order valence-electron chi connectivity index (χ2n) is 1.47. The van der Waals surface area contributed by atoms with Gasteiger partial charge in [-0.25, -0.2) is 15.2 Å². The van der Waals surface area contributed by atoms with Crippen LogP contribution >= 0.6 is 0 Å². The Morgan fingerprint density at radius 2 is 2.40 bits per heavy atom. The van der Waals surface area contributed by atoms with E-state index in [9.17, 15) is 4.79 Å². The maximum Gasteiger partial charge on any atom is 0.425 e. The molecule has 0 bridgehead atoms. The Labute approximate surface area is 58.5 Å². The lowest BCUT2D eigenvalue weighted by molar-refractivity contribution is 0.140. The zero-order valence-corrected chi connectivity index (χ0v) is 5.45. The monoisotopic (exact) mass is 146 g/mol. The zero-order valence-electron chi connectivity index (χ0n) is 5.45. The molecule has 10 heavy (non-hydrogen) atoms. The van der Waals surface area contributed by atoms with Gasteiger partial charge in [0.2, 0.25) is 0 Å². The Morgan fingerprint density at radius 3 is 2.70 bits per heavy atom. The van der Waals surface area contributed by atoms with Gasteiger partial charge < -0.3 is 10.2 Å². The minimum Gasteiger partial charge on any atom is -0.464 e. The quantitative estimate of drug-likeness (QED) is 0.472. The molecule has 0 radical (unpaired) electrons. The molecular weight excluding hydrogens is 136 g/mol. The summed E-state index contributed by atoms with van der Waals surface area (Å²) in [6.45, 7) is 3.32. The maximum absolute atomic E-state index is 10.1. The van der Waals surface area contributed by atoms with Crippen LogP contribution in [0, 0.1) is 0 Å². The Balaban J connectivity index is 3.60. The molecule has 5 heteroatoms. The average Bonchev–Trinajstić information content (AvgIpc) is 1.89. The summed E-state index contributed by atoms with van der Waals surface area (Å²) in [5.41, 5.74) is 2.38. The van der Waals surface area contributed by atoms with Crippen LogP contribution in [0.4, 0.5) is 4.79 Å². The first kappa shape index (κ1) is 8.93. The topological polar surface area (TPSA) is 72.8 Å². The highest BCUT2D eigenvalue weighted by atomic mass is 16.4. The van der Waals surface area contributed by atoms with Gasteiger partial charge in [-0.05, 0) is 0 Å². The van der Waals surface area contributed by atoms with E-state index in [-0.39, 0.29) is 13.2 Å². The lowest BCUT2D eigenvalue weighted by atomic mass is 10.7. The van der Waals surface area contributed by atoms with E-state index < -0.39 is 6.09 Å². The van der Waals surface area contributed by atoms with Gasteiger partial charge in [0.25, 0.3) is 0 Å². The molecule has 1 amide bonds. The predicted molar refractivity (Wildman–Crippen MR) is 35.1 cm³/mol. The number of amides is 1. The number of hydrogen-bond donors (Lipinski definition) is 3. The Bertz CT molecular complexity index is 126. The van der Waals surface area contributed by atoms with Crippen LogP contribution in [0.15, 0.2) is 12.8 Å². The Hall–Kier alpha value is -1.07. The third kappa shape index (κ3) is 3.06. The summed E-state index contributed by atoms with van der Waals surface area (Å²) in [7, 11) is 0. The molecule has 0 aliphatic rings. The van der Waals surface area contributed by atoms with E-state index in [0.29, 0.717) is 0 Å². The van der Waals surface area contributed by atoms with E-state index in [0.717, 1.165) is 11.2 Å². The van der Waals surface area contributed by atoms with Gasteiger partial charge >= 0.3 is 6.09 Å². The zero-order chi connectivity index (χ0) is 7.98. The second-order valence-corrected chi connectivity index (χ2v) is 1.47. The highest BCUT2D eigenvalue weighted by Crippen LogP contribution is 1.81. The largest absolute Gasteiger partial charge is 0.464 e. The smallest absolute Gasteiger partial charge is 0.425 e. The molecule has 0 rings (SSSR count). The van der Waals surface area contributed by atoms with Gasteiger partial charge in [-0.2, -0.15) is 0 Å². The van der Waals surface area contributed by atoms with Crippen molar-refractivity contribution in [3.05, 3.63) is 12.8 Å². The number of hydrazine groups is 1. The molecule has 0 aliphatic carbocycles. The fraction of sp³-hybridized carbons (Fsp3) is 0.400. The lowest BCUT2D eigenvalue weighted by Crippen LogP contribution is -2.38. The van der Waals surface area contributed by atoms with E-state index in [2.05, 4.69) is 12.0 Å².